The number of nitrogens with zero attached hydrogens (tertiary/aromatic N) is 5. The minimum atomic E-state index is 0.709. The minimum absolute atomic E-state index is 0.709. The molecule has 262 valence electrons. The van der Waals surface area contributed by atoms with E-state index in [4.69, 9.17) is 15.0 Å². The Kier molecular flexibility index (Phi) is 7.42. The summed E-state index contributed by atoms with van der Waals surface area (Å²) in [5, 5.41) is 4.74. The summed E-state index contributed by atoms with van der Waals surface area (Å²) in [6, 6.07) is 68.1. The lowest BCUT2D eigenvalue weighted by Gasteiger charge is -2.11. The van der Waals surface area contributed by atoms with E-state index in [1.807, 2.05) is 48.7 Å². The molecule has 5 heteroatoms. The molecule has 0 spiro atoms. The molecule has 0 aliphatic carbocycles. The van der Waals surface area contributed by atoms with E-state index in [1.165, 1.54) is 16.2 Å². The van der Waals surface area contributed by atoms with E-state index < -0.39 is 0 Å². The fourth-order valence-corrected chi connectivity index (χ4v) is 8.12. The SMILES string of the molecule is c1ccc(-c2cc(-c3ccc(-n4c5ccccc5c5cc(-c6cnc7c(c6)c6ccccc6n7-c6ccccc6)ccc54)cc3)nc(-c3ccccc3)n2)cc1. The molecule has 0 radical (unpaired) electrons. The van der Waals surface area contributed by atoms with Crippen molar-refractivity contribution in [2.24, 2.45) is 0 Å². The van der Waals surface area contributed by atoms with Gasteiger partial charge in [0.05, 0.1) is 27.9 Å². The first kappa shape index (κ1) is 31.9. The van der Waals surface area contributed by atoms with E-state index >= 15 is 0 Å². The largest absolute Gasteiger partial charge is 0.309 e. The summed E-state index contributed by atoms with van der Waals surface area (Å²) in [6.07, 6.45) is 2.01. The van der Waals surface area contributed by atoms with Crippen LogP contribution in [0.4, 0.5) is 0 Å². The van der Waals surface area contributed by atoms with Gasteiger partial charge in [0.25, 0.3) is 0 Å². The Balaban J connectivity index is 1.01. The van der Waals surface area contributed by atoms with E-state index in [-0.39, 0.29) is 0 Å². The van der Waals surface area contributed by atoms with Crippen molar-refractivity contribution in [1.82, 2.24) is 24.1 Å². The van der Waals surface area contributed by atoms with Gasteiger partial charge in [-0.05, 0) is 66.2 Å². The molecule has 11 aromatic rings. The first-order chi connectivity index (χ1) is 27.8. The van der Waals surface area contributed by atoms with Gasteiger partial charge in [-0.2, -0.15) is 0 Å². The van der Waals surface area contributed by atoms with Crippen LogP contribution >= 0.6 is 0 Å². The summed E-state index contributed by atoms with van der Waals surface area (Å²) in [7, 11) is 0. The molecule has 5 nitrogen and oxygen atoms in total. The Labute approximate surface area is 323 Å². The normalized spacial score (nSPS) is 11.6. The predicted molar refractivity (Wildman–Crippen MR) is 230 cm³/mol. The van der Waals surface area contributed by atoms with E-state index in [0.29, 0.717) is 5.82 Å². The van der Waals surface area contributed by atoms with Crippen molar-refractivity contribution in [3.63, 3.8) is 0 Å². The topological polar surface area (TPSA) is 48.5 Å². The van der Waals surface area contributed by atoms with E-state index in [9.17, 15) is 0 Å². The van der Waals surface area contributed by atoms with Crippen LogP contribution in [0.25, 0.3) is 100 Å². The summed E-state index contributed by atoms with van der Waals surface area (Å²) in [5.41, 5.74) is 13.7. The smallest absolute Gasteiger partial charge is 0.160 e. The molecule has 11 rings (SSSR count). The Morgan fingerprint density at radius 2 is 0.821 bits per heavy atom. The van der Waals surface area contributed by atoms with E-state index in [0.717, 1.165) is 78.2 Å². The third-order valence-corrected chi connectivity index (χ3v) is 10.8. The molecule has 0 N–H and O–H groups in total. The summed E-state index contributed by atoms with van der Waals surface area (Å²) in [5.74, 6) is 0.709. The zero-order chi connectivity index (χ0) is 37.0. The van der Waals surface area contributed by atoms with Gasteiger partial charge in [-0.3, -0.25) is 4.57 Å². The Hall–Kier alpha value is -7.63. The molecular formula is C51H33N5. The van der Waals surface area contributed by atoms with Crippen molar-refractivity contribution in [3.05, 3.63) is 200 Å². The van der Waals surface area contributed by atoms with Gasteiger partial charge >= 0.3 is 0 Å². The van der Waals surface area contributed by atoms with Crippen LogP contribution in [0, 0.1) is 0 Å². The zero-order valence-electron chi connectivity index (χ0n) is 30.3. The zero-order valence-corrected chi connectivity index (χ0v) is 30.3. The van der Waals surface area contributed by atoms with Crippen LogP contribution in [-0.2, 0) is 0 Å². The van der Waals surface area contributed by atoms with Gasteiger partial charge < -0.3 is 4.57 Å². The second-order valence-electron chi connectivity index (χ2n) is 14.1. The molecule has 0 aliphatic heterocycles. The number of rotatable bonds is 6. The summed E-state index contributed by atoms with van der Waals surface area (Å²) < 4.78 is 4.61. The highest BCUT2D eigenvalue weighted by Crippen LogP contribution is 2.38. The van der Waals surface area contributed by atoms with E-state index in [1.54, 1.807) is 0 Å². The highest BCUT2D eigenvalue weighted by molar-refractivity contribution is 6.12. The van der Waals surface area contributed by atoms with Gasteiger partial charge in [-0.25, -0.2) is 15.0 Å². The third-order valence-electron chi connectivity index (χ3n) is 10.8. The number of para-hydroxylation sites is 3. The number of hydrogen-bond donors (Lipinski definition) is 0. The van der Waals surface area contributed by atoms with Crippen molar-refractivity contribution in [2.45, 2.75) is 0 Å². The molecule has 0 bridgehead atoms. The van der Waals surface area contributed by atoms with Crippen molar-refractivity contribution >= 4 is 43.7 Å². The Morgan fingerprint density at radius 3 is 1.52 bits per heavy atom. The van der Waals surface area contributed by atoms with Crippen molar-refractivity contribution < 1.29 is 0 Å². The highest BCUT2D eigenvalue weighted by Gasteiger charge is 2.17. The van der Waals surface area contributed by atoms with Crippen LogP contribution in [0.2, 0.25) is 0 Å². The summed E-state index contributed by atoms with van der Waals surface area (Å²) in [4.78, 5) is 15.1. The lowest BCUT2D eigenvalue weighted by molar-refractivity contribution is 1.14. The maximum absolute atomic E-state index is 5.09. The van der Waals surface area contributed by atoms with Gasteiger partial charge in [0.2, 0.25) is 0 Å². The summed E-state index contributed by atoms with van der Waals surface area (Å²) in [6.45, 7) is 0. The molecule has 0 saturated heterocycles. The minimum Gasteiger partial charge on any atom is -0.309 e. The van der Waals surface area contributed by atoms with Crippen molar-refractivity contribution in [3.8, 4) is 56.4 Å². The lowest BCUT2D eigenvalue weighted by Crippen LogP contribution is -1.97. The number of pyridine rings is 1. The second kappa shape index (κ2) is 13.0. The molecule has 0 unspecified atom stereocenters. The fourth-order valence-electron chi connectivity index (χ4n) is 8.12. The molecule has 56 heavy (non-hydrogen) atoms. The molecule has 4 heterocycles. The molecule has 4 aromatic heterocycles. The summed E-state index contributed by atoms with van der Waals surface area (Å²) >= 11 is 0. The monoisotopic (exact) mass is 715 g/mol. The van der Waals surface area contributed by atoms with Crippen LogP contribution in [0.5, 0.6) is 0 Å². The average Bonchev–Trinajstić information content (AvgIpc) is 3.79. The first-order valence-electron chi connectivity index (χ1n) is 18.9. The Morgan fingerprint density at radius 1 is 0.321 bits per heavy atom. The van der Waals surface area contributed by atoms with Gasteiger partial charge in [0.1, 0.15) is 5.65 Å². The number of benzene rings is 7. The molecule has 0 aliphatic rings. The Bertz CT molecular complexity index is 3160. The van der Waals surface area contributed by atoms with Crippen molar-refractivity contribution in [1.29, 1.82) is 0 Å². The molecule has 0 amide bonds. The van der Waals surface area contributed by atoms with E-state index in [2.05, 4.69) is 161 Å². The van der Waals surface area contributed by atoms with Crippen LogP contribution in [0.15, 0.2) is 200 Å². The quantitative estimate of drug-likeness (QED) is 0.172. The fraction of sp³-hybridized carbons (Fsp3) is 0. The van der Waals surface area contributed by atoms with Crippen LogP contribution in [-0.4, -0.2) is 24.1 Å². The van der Waals surface area contributed by atoms with Gasteiger partial charge in [-0.1, -0.05) is 133 Å². The molecule has 0 saturated carbocycles. The standard InChI is InChI=1S/C51H33N5/c1-4-14-34(15-5-1)45-32-46(54-50(53-45)36-16-6-2-7-17-36)35-24-27-40(28-25-35)55-47-22-12-10-20-41(47)43-30-37(26-29-49(43)55)38-31-44-42-21-11-13-23-48(42)56(51(44)52-33-38)39-18-8-3-9-19-39/h1-33H. The molecule has 7 aromatic carbocycles. The van der Waals surface area contributed by atoms with Crippen LogP contribution in [0.3, 0.4) is 0 Å². The average molecular weight is 716 g/mol. The molecular weight excluding hydrogens is 683 g/mol. The predicted octanol–water partition coefficient (Wildman–Crippen LogP) is 12.7. The first-order valence-corrected chi connectivity index (χ1v) is 18.9. The van der Waals surface area contributed by atoms with Crippen LogP contribution in [0.1, 0.15) is 0 Å². The number of aromatic nitrogens is 5. The maximum atomic E-state index is 5.09. The lowest BCUT2D eigenvalue weighted by atomic mass is 10.0. The van der Waals surface area contributed by atoms with Gasteiger partial charge in [0.15, 0.2) is 5.82 Å². The molecule has 0 atom stereocenters. The van der Waals surface area contributed by atoms with Crippen LogP contribution < -0.4 is 0 Å². The second-order valence-corrected chi connectivity index (χ2v) is 14.1. The van der Waals surface area contributed by atoms with Crippen molar-refractivity contribution in [2.75, 3.05) is 0 Å². The highest BCUT2D eigenvalue weighted by atomic mass is 15.0. The van der Waals surface area contributed by atoms with Gasteiger partial charge in [-0.15, -0.1) is 0 Å². The maximum Gasteiger partial charge on any atom is 0.160 e. The van der Waals surface area contributed by atoms with Gasteiger partial charge in [0, 0.05) is 61.4 Å². The number of hydrogen-bond acceptors (Lipinski definition) is 3. The molecule has 0 fully saturated rings. The third kappa shape index (κ3) is 5.29. The number of fused-ring (bicyclic) bond motifs is 6.